The predicted molar refractivity (Wildman–Crippen MR) is 91.0 cm³/mol. The van der Waals surface area contributed by atoms with Gasteiger partial charge in [0.1, 0.15) is 5.60 Å². The average Bonchev–Trinajstić information content (AvgIpc) is 2.52. The van der Waals surface area contributed by atoms with Crippen LogP contribution in [-0.4, -0.2) is 16.7 Å². The summed E-state index contributed by atoms with van der Waals surface area (Å²) in [4.78, 5) is 18.2. The Balaban J connectivity index is 2.34. The van der Waals surface area contributed by atoms with E-state index < -0.39 is 11.7 Å². The summed E-state index contributed by atoms with van der Waals surface area (Å²) >= 11 is 0. The number of anilines is 1. The zero-order valence-corrected chi connectivity index (χ0v) is 13.6. The predicted octanol–water partition coefficient (Wildman–Crippen LogP) is 4.00. The second-order valence-corrected chi connectivity index (χ2v) is 6.12. The number of benzene rings is 1. The number of nitrogens with zero attached hydrogens (tertiary/aromatic N) is 2. The van der Waals surface area contributed by atoms with E-state index in [1.807, 2.05) is 51.1 Å². The highest BCUT2D eigenvalue weighted by Crippen LogP contribution is 2.21. The molecule has 0 spiro atoms. The van der Waals surface area contributed by atoms with Gasteiger partial charge in [-0.3, -0.25) is 9.88 Å². The lowest BCUT2D eigenvalue weighted by Crippen LogP contribution is -2.36. The van der Waals surface area contributed by atoms with E-state index in [0.29, 0.717) is 17.8 Å². The van der Waals surface area contributed by atoms with Gasteiger partial charge >= 0.3 is 6.09 Å². The topological polar surface area (TPSA) is 42.4 Å². The molecule has 1 aromatic carbocycles. The second kappa shape index (κ2) is 6.97. The average molecular weight is 308 g/mol. The molecule has 118 valence electrons. The molecule has 0 aliphatic carbocycles. The van der Waals surface area contributed by atoms with Crippen LogP contribution in [0.4, 0.5) is 10.5 Å². The van der Waals surface area contributed by atoms with Crippen LogP contribution in [0.25, 0.3) is 0 Å². The van der Waals surface area contributed by atoms with Crippen LogP contribution in [0.1, 0.15) is 31.9 Å². The summed E-state index contributed by atoms with van der Waals surface area (Å²) in [6, 6.07) is 11.0. The van der Waals surface area contributed by atoms with E-state index in [-0.39, 0.29) is 0 Å². The summed E-state index contributed by atoms with van der Waals surface area (Å²) in [5.74, 6) is 2.58. The Labute approximate surface area is 137 Å². The molecule has 0 fully saturated rings. The van der Waals surface area contributed by atoms with Crippen molar-refractivity contribution in [3.8, 4) is 12.3 Å². The van der Waals surface area contributed by atoms with Gasteiger partial charge < -0.3 is 4.74 Å². The first-order valence-electron chi connectivity index (χ1n) is 7.35. The maximum Gasteiger partial charge on any atom is 0.415 e. The second-order valence-electron chi connectivity index (χ2n) is 6.12. The third kappa shape index (κ3) is 4.86. The van der Waals surface area contributed by atoms with Gasteiger partial charge in [-0.2, -0.15) is 0 Å². The van der Waals surface area contributed by atoms with Crippen LogP contribution >= 0.6 is 0 Å². The number of pyridine rings is 1. The standard InChI is InChI=1S/C19H20N2O2/c1-5-15-7-6-8-17(13-15)21(18(22)23-19(2,3)4)14-16-9-11-20-12-10-16/h1,6-13H,14H2,2-4H3. The van der Waals surface area contributed by atoms with Gasteiger partial charge in [0.05, 0.1) is 6.54 Å². The highest BCUT2D eigenvalue weighted by atomic mass is 16.6. The summed E-state index contributed by atoms with van der Waals surface area (Å²) in [6.45, 7) is 5.90. The number of hydrogen-bond acceptors (Lipinski definition) is 3. The van der Waals surface area contributed by atoms with Crippen molar-refractivity contribution >= 4 is 11.8 Å². The van der Waals surface area contributed by atoms with Crippen LogP contribution in [0.3, 0.4) is 0 Å². The quantitative estimate of drug-likeness (QED) is 0.805. The van der Waals surface area contributed by atoms with Crippen LogP contribution < -0.4 is 4.90 Å². The monoisotopic (exact) mass is 308 g/mol. The first-order valence-corrected chi connectivity index (χ1v) is 7.35. The number of hydrogen-bond donors (Lipinski definition) is 0. The summed E-state index contributed by atoms with van der Waals surface area (Å²) in [5.41, 5.74) is 1.80. The van der Waals surface area contributed by atoms with Gasteiger partial charge in [-0.25, -0.2) is 4.79 Å². The normalized spacial score (nSPS) is 10.7. The Morgan fingerprint density at radius 1 is 1.26 bits per heavy atom. The van der Waals surface area contributed by atoms with Gasteiger partial charge in [0, 0.05) is 23.6 Å². The summed E-state index contributed by atoms with van der Waals surface area (Å²) in [7, 11) is 0. The van der Waals surface area contributed by atoms with Crippen LogP contribution in [0, 0.1) is 12.3 Å². The van der Waals surface area contributed by atoms with Gasteiger partial charge in [-0.1, -0.05) is 12.0 Å². The molecule has 0 atom stereocenters. The minimum Gasteiger partial charge on any atom is -0.443 e. The smallest absolute Gasteiger partial charge is 0.415 e. The molecule has 4 heteroatoms. The minimum absolute atomic E-state index is 0.380. The van der Waals surface area contributed by atoms with Gasteiger partial charge in [0.25, 0.3) is 0 Å². The van der Waals surface area contributed by atoms with E-state index in [4.69, 9.17) is 11.2 Å². The van der Waals surface area contributed by atoms with Gasteiger partial charge in [-0.15, -0.1) is 6.42 Å². The molecule has 0 N–H and O–H groups in total. The van der Waals surface area contributed by atoms with Crippen molar-refractivity contribution < 1.29 is 9.53 Å². The Hall–Kier alpha value is -2.80. The molecule has 0 aliphatic heterocycles. The fourth-order valence-electron chi connectivity index (χ4n) is 2.01. The van der Waals surface area contributed by atoms with Gasteiger partial charge in [0.2, 0.25) is 0 Å². The van der Waals surface area contributed by atoms with Crippen LogP contribution in [0.2, 0.25) is 0 Å². The van der Waals surface area contributed by atoms with E-state index in [9.17, 15) is 4.79 Å². The number of amides is 1. The molecule has 0 saturated carbocycles. The molecule has 2 rings (SSSR count). The maximum atomic E-state index is 12.6. The molecule has 0 aliphatic rings. The zero-order valence-electron chi connectivity index (χ0n) is 13.6. The van der Waals surface area contributed by atoms with Crippen LogP contribution in [0.15, 0.2) is 48.8 Å². The van der Waals surface area contributed by atoms with Gasteiger partial charge in [0.15, 0.2) is 0 Å². The number of terminal acetylenes is 1. The lowest BCUT2D eigenvalue weighted by atomic mass is 10.1. The lowest BCUT2D eigenvalue weighted by Gasteiger charge is -2.27. The Bertz CT molecular complexity index is 712. The van der Waals surface area contributed by atoms with E-state index >= 15 is 0 Å². The SMILES string of the molecule is C#Cc1cccc(N(Cc2ccncc2)C(=O)OC(C)(C)C)c1. The molecule has 2 aromatic rings. The highest BCUT2D eigenvalue weighted by Gasteiger charge is 2.23. The first-order chi connectivity index (χ1) is 10.9. The Morgan fingerprint density at radius 3 is 2.57 bits per heavy atom. The first kappa shape index (κ1) is 16.6. The Morgan fingerprint density at radius 2 is 1.96 bits per heavy atom. The van der Waals surface area contributed by atoms with Crippen molar-refractivity contribution in [2.45, 2.75) is 32.9 Å². The molecule has 1 aromatic heterocycles. The van der Waals surface area contributed by atoms with E-state index in [1.54, 1.807) is 23.4 Å². The summed E-state index contributed by atoms with van der Waals surface area (Å²) < 4.78 is 5.52. The van der Waals surface area contributed by atoms with Gasteiger partial charge in [-0.05, 0) is 56.7 Å². The maximum absolute atomic E-state index is 12.6. The number of ether oxygens (including phenoxy) is 1. The molecule has 1 heterocycles. The molecule has 0 bridgehead atoms. The molecule has 0 radical (unpaired) electrons. The molecule has 4 nitrogen and oxygen atoms in total. The molecular formula is C19H20N2O2. The number of carbonyl (C=O) groups excluding carboxylic acids is 1. The molecule has 23 heavy (non-hydrogen) atoms. The molecule has 1 amide bonds. The number of aromatic nitrogens is 1. The molecule has 0 saturated heterocycles. The van der Waals surface area contributed by atoms with Crippen molar-refractivity contribution in [2.24, 2.45) is 0 Å². The van der Waals surface area contributed by atoms with Crippen LogP contribution in [-0.2, 0) is 11.3 Å². The Kier molecular flexibility index (Phi) is 5.02. The minimum atomic E-state index is -0.572. The number of carbonyl (C=O) groups is 1. The van der Waals surface area contributed by atoms with E-state index in [1.165, 1.54) is 0 Å². The number of rotatable bonds is 3. The van der Waals surface area contributed by atoms with Crippen molar-refractivity contribution in [2.75, 3.05) is 4.90 Å². The van der Waals surface area contributed by atoms with Crippen molar-refractivity contribution in [3.05, 3.63) is 59.9 Å². The van der Waals surface area contributed by atoms with E-state index in [2.05, 4.69) is 10.9 Å². The largest absolute Gasteiger partial charge is 0.443 e. The van der Waals surface area contributed by atoms with E-state index in [0.717, 1.165) is 5.56 Å². The van der Waals surface area contributed by atoms with Crippen LogP contribution in [0.5, 0.6) is 0 Å². The van der Waals surface area contributed by atoms with Crippen molar-refractivity contribution in [1.82, 2.24) is 4.98 Å². The summed E-state index contributed by atoms with van der Waals surface area (Å²) in [5, 5.41) is 0. The zero-order chi connectivity index (χ0) is 16.9. The third-order valence-electron chi connectivity index (χ3n) is 3.03. The van der Waals surface area contributed by atoms with Crippen molar-refractivity contribution in [1.29, 1.82) is 0 Å². The lowest BCUT2D eigenvalue weighted by molar-refractivity contribution is 0.0577. The fourth-order valence-corrected chi connectivity index (χ4v) is 2.01. The fraction of sp³-hybridized carbons (Fsp3) is 0.263. The summed E-state index contributed by atoms with van der Waals surface area (Å²) in [6.07, 6.45) is 8.43. The highest BCUT2D eigenvalue weighted by molar-refractivity contribution is 5.88. The molecular weight excluding hydrogens is 288 g/mol. The molecule has 0 unspecified atom stereocenters. The van der Waals surface area contributed by atoms with Crippen molar-refractivity contribution in [3.63, 3.8) is 0 Å². The third-order valence-corrected chi connectivity index (χ3v) is 3.03.